The van der Waals surface area contributed by atoms with E-state index in [4.69, 9.17) is 5.73 Å². The number of benzene rings is 1. The van der Waals surface area contributed by atoms with Crippen molar-refractivity contribution >= 4 is 11.6 Å². The van der Waals surface area contributed by atoms with Crippen LogP contribution in [-0.4, -0.2) is 17.9 Å². The lowest BCUT2D eigenvalue weighted by molar-refractivity contribution is -0.130. The van der Waals surface area contributed by atoms with Gasteiger partial charge in [-0.05, 0) is 24.1 Å². The molecule has 0 heterocycles. The molecule has 0 aliphatic carbocycles. The predicted molar refractivity (Wildman–Crippen MR) is 62.2 cm³/mol. The van der Waals surface area contributed by atoms with Gasteiger partial charge >= 0.3 is 0 Å². The molecule has 0 radical (unpaired) electrons. The lowest BCUT2D eigenvalue weighted by Crippen LogP contribution is -2.25. The van der Waals surface area contributed by atoms with Crippen molar-refractivity contribution in [2.45, 2.75) is 26.3 Å². The van der Waals surface area contributed by atoms with Crippen molar-refractivity contribution in [3.63, 3.8) is 0 Å². The van der Waals surface area contributed by atoms with Crippen LogP contribution in [0.25, 0.3) is 0 Å². The molecule has 1 aromatic rings. The molecule has 0 spiro atoms. The van der Waals surface area contributed by atoms with Gasteiger partial charge in [0, 0.05) is 25.7 Å². The Morgan fingerprint density at radius 1 is 1.47 bits per heavy atom. The molecular formula is C12H18N2O. The Morgan fingerprint density at radius 3 is 2.80 bits per heavy atom. The number of carbonyl (C=O) groups is 1. The van der Waals surface area contributed by atoms with Crippen LogP contribution < -0.4 is 5.73 Å². The first-order valence-corrected chi connectivity index (χ1v) is 5.22. The molecule has 0 atom stereocenters. The number of amides is 1. The molecule has 3 nitrogen and oxygen atoms in total. The molecule has 0 fully saturated rings. The summed E-state index contributed by atoms with van der Waals surface area (Å²) in [6.45, 7) is 2.64. The fourth-order valence-electron chi connectivity index (χ4n) is 1.46. The quantitative estimate of drug-likeness (QED) is 0.766. The van der Waals surface area contributed by atoms with Crippen molar-refractivity contribution < 1.29 is 4.79 Å². The molecular weight excluding hydrogens is 188 g/mol. The van der Waals surface area contributed by atoms with Crippen LogP contribution in [0, 0.1) is 0 Å². The summed E-state index contributed by atoms with van der Waals surface area (Å²) in [4.78, 5) is 13.3. The number of carbonyl (C=O) groups excluding carboxylic acids is 1. The maximum absolute atomic E-state index is 11.5. The molecule has 1 amide bonds. The van der Waals surface area contributed by atoms with E-state index in [0.717, 1.165) is 17.7 Å². The Morgan fingerprint density at radius 2 is 2.20 bits per heavy atom. The number of hydrogen-bond acceptors (Lipinski definition) is 2. The predicted octanol–water partition coefficient (Wildman–Crippen LogP) is 2.03. The third kappa shape index (κ3) is 3.62. The van der Waals surface area contributed by atoms with Crippen molar-refractivity contribution in [1.82, 2.24) is 4.90 Å². The maximum Gasteiger partial charge on any atom is 0.222 e. The highest BCUT2D eigenvalue weighted by Crippen LogP contribution is 2.09. The summed E-state index contributed by atoms with van der Waals surface area (Å²) in [7, 11) is 1.82. The molecule has 0 saturated carbocycles. The van der Waals surface area contributed by atoms with Crippen molar-refractivity contribution in [3.05, 3.63) is 29.8 Å². The van der Waals surface area contributed by atoms with E-state index in [1.54, 1.807) is 4.90 Å². The monoisotopic (exact) mass is 206 g/mol. The van der Waals surface area contributed by atoms with E-state index in [-0.39, 0.29) is 5.91 Å². The van der Waals surface area contributed by atoms with Crippen molar-refractivity contribution in [2.24, 2.45) is 0 Å². The van der Waals surface area contributed by atoms with E-state index in [0.29, 0.717) is 13.0 Å². The Hall–Kier alpha value is -1.51. The first kappa shape index (κ1) is 11.6. The van der Waals surface area contributed by atoms with Gasteiger partial charge in [-0.1, -0.05) is 19.1 Å². The molecule has 3 heteroatoms. The van der Waals surface area contributed by atoms with Crippen LogP contribution in [-0.2, 0) is 11.3 Å². The van der Waals surface area contributed by atoms with Crippen LogP contribution >= 0.6 is 0 Å². The van der Waals surface area contributed by atoms with E-state index < -0.39 is 0 Å². The minimum atomic E-state index is 0.180. The summed E-state index contributed by atoms with van der Waals surface area (Å²) >= 11 is 0. The molecule has 0 bridgehead atoms. The minimum absolute atomic E-state index is 0.180. The van der Waals surface area contributed by atoms with Crippen LogP contribution in [0.2, 0.25) is 0 Å². The third-order valence-corrected chi connectivity index (χ3v) is 2.26. The van der Waals surface area contributed by atoms with Gasteiger partial charge in [-0.2, -0.15) is 0 Å². The molecule has 15 heavy (non-hydrogen) atoms. The van der Waals surface area contributed by atoms with Crippen LogP contribution in [0.3, 0.4) is 0 Å². The van der Waals surface area contributed by atoms with Gasteiger partial charge in [-0.15, -0.1) is 0 Å². The second-order valence-electron chi connectivity index (χ2n) is 3.74. The van der Waals surface area contributed by atoms with Gasteiger partial charge in [0.25, 0.3) is 0 Å². The average Bonchev–Trinajstić information content (AvgIpc) is 2.18. The van der Waals surface area contributed by atoms with Crippen molar-refractivity contribution in [1.29, 1.82) is 0 Å². The standard InChI is InChI=1S/C12H18N2O/c1-3-5-12(15)14(2)9-10-6-4-7-11(13)8-10/h4,6-8H,3,5,9,13H2,1-2H3. The smallest absolute Gasteiger partial charge is 0.222 e. The normalized spacial score (nSPS) is 10.0. The molecule has 0 aliphatic rings. The van der Waals surface area contributed by atoms with Gasteiger partial charge in [0.1, 0.15) is 0 Å². The summed E-state index contributed by atoms with van der Waals surface area (Å²) in [6, 6.07) is 7.63. The highest BCUT2D eigenvalue weighted by Gasteiger charge is 2.07. The van der Waals surface area contributed by atoms with E-state index in [1.807, 2.05) is 38.2 Å². The van der Waals surface area contributed by atoms with Crippen LogP contribution in [0.1, 0.15) is 25.3 Å². The van der Waals surface area contributed by atoms with Crippen LogP contribution in [0.15, 0.2) is 24.3 Å². The summed E-state index contributed by atoms with van der Waals surface area (Å²) in [5.74, 6) is 0.180. The molecule has 0 aromatic heterocycles. The largest absolute Gasteiger partial charge is 0.399 e. The molecule has 1 aromatic carbocycles. The molecule has 2 N–H and O–H groups in total. The first-order valence-electron chi connectivity index (χ1n) is 5.22. The third-order valence-electron chi connectivity index (χ3n) is 2.26. The number of nitrogens with two attached hydrogens (primary N) is 1. The minimum Gasteiger partial charge on any atom is -0.399 e. The van der Waals surface area contributed by atoms with Gasteiger partial charge < -0.3 is 10.6 Å². The van der Waals surface area contributed by atoms with Gasteiger partial charge in [-0.3, -0.25) is 4.79 Å². The zero-order chi connectivity index (χ0) is 11.3. The van der Waals surface area contributed by atoms with Gasteiger partial charge in [0.05, 0.1) is 0 Å². The highest BCUT2D eigenvalue weighted by atomic mass is 16.2. The lowest BCUT2D eigenvalue weighted by atomic mass is 10.2. The zero-order valence-electron chi connectivity index (χ0n) is 9.36. The van der Waals surface area contributed by atoms with E-state index in [2.05, 4.69) is 0 Å². The average molecular weight is 206 g/mol. The van der Waals surface area contributed by atoms with Crippen molar-refractivity contribution in [2.75, 3.05) is 12.8 Å². The highest BCUT2D eigenvalue weighted by molar-refractivity contribution is 5.75. The second-order valence-corrected chi connectivity index (χ2v) is 3.74. The molecule has 0 aliphatic heterocycles. The summed E-state index contributed by atoms with van der Waals surface area (Å²) < 4.78 is 0. The SMILES string of the molecule is CCCC(=O)N(C)Cc1cccc(N)c1. The number of hydrogen-bond donors (Lipinski definition) is 1. The van der Waals surface area contributed by atoms with Gasteiger partial charge in [-0.25, -0.2) is 0 Å². The van der Waals surface area contributed by atoms with Crippen LogP contribution in [0.5, 0.6) is 0 Å². The molecule has 82 valence electrons. The fraction of sp³-hybridized carbons (Fsp3) is 0.417. The zero-order valence-corrected chi connectivity index (χ0v) is 9.36. The Bertz CT molecular complexity index is 336. The summed E-state index contributed by atoms with van der Waals surface area (Å²) in [6.07, 6.45) is 1.50. The molecule has 0 saturated heterocycles. The Kier molecular flexibility index (Phi) is 4.16. The number of anilines is 1. The topological polar surface area (TPSA) is 46.3 Å². The number of nitrogens with zero attached hydrogens (tertiary/aromatic N) is 1. The summed E-state index contributed by atoms with van der Waals surface area (Å²) in [5.41, 5.74) is 7.48. The van der Waals surface area contributed by atoms with Gasteiger partial charge in [0.15, 0.2) is 0 Å². The lowest BCUT2D eigenvalue weighted by Gasteiger charge is -2.17. The van der Waals surface area contributed by atoms with E-state index in [9.17, 15) is 4.79 Å². The maximum atomic E-state index is 11.5. The van der Waals surface area contributed by atoms with E-state index in [1.165, 1.54) is 0 Å². The number of nitrogen functional groups attached to an aromatic ring is 1. The number of rotatable bonds is 4. The van der Waals surface area contributed by atoms with E-state index >= 15 is 0 Å². The van der Waals surface area contributed by atoms with Gasteiger partial charge in [0.2, 0.25) is 5.91 Å². The second kappa shape index (κ2) is 5.39. The summed E-state index contributed by atoms with van der Waals surface area (Å²) in [5, 5.41) is 0. The Labute approximate surface area is 90.9 Å². The first-order chi connectivity index (χ1) is 7.13. The fourth-order valence-corrected chi connectivity index (χ4v) is 1.46. The Balaban J connectivity index is 2.58. The molecule has 0 unspecified atom stereocenters. The van der Waals surface area contributed by atoms with Crippen LogP contribution in [0.4, 0.5) is 5.69 Å². The van der Waals surface area contributed by atoms with Crippen molar-refractivity contribution in [3.8, 4) is 0 Å². The molecule has 1 rings (SSSR count).